The van der Waals surface area contributed by atoms with Crippen LogP contribution in [0.5, 0.6) is 0 Å². The van der Waals surface area contributed by atoms with Crippen molar-refractivity contribution in [2.75, 3.05) is 27.2 Å². The number of nitrogens with one attached hydrogen (secondary N) is 1. The Morgan fingerprint density at radius 2 is 2.20 bits per heavy atom. The molecule has 2 heterocycles. The summed E-state index contributed by atoms with van der Waals surface area (Å²) >= 11 is 1.72. The quantitative estimate of drug-likeness (QED) is 0.923. The zero-order chi connectivity index (χ0) is 14.2. The van der Waals surface area contributed by atoms with E-state index in [9.17, 15) is 4.79 Å². The number of likely N-dealkylation sites (N-methyl/N-ethyl adjacent to an activating group) is 1. The summed E-state index contributed by atoms with van der Waals surface area (Å²) in [7, 11) is 4.30. The van der Waals surface area contributed by atoms with Crippen LogP contribution in [0.2, 0.25) is 0 Å². The van der Waals surface area contributed by atoms with E-state index in [2.05, 4.69) is 46.7 Å². The second-order valence-electron chi connectivity index (χ2n) is 6.15. The van der Waals surface area contributed by atoms with Crippen LogP contribution in [0.3, 0.4) is 0 Å². The van der Waals surface area contributed by atoms with Crippen molar-refractivity contribution in [3.63, 3.8) is 0 Å². The molecule has 0 spiro atoms. The van der Waals surface area contributed by atoms with Gasteiger partial charge in [-0.2, -0.15) is 0 Å². The van der Waals surface area contributed by atoms with E-state index in [1.54, 1.807) is 11.3 Å². The fourth-order valence-corrected chi connectivity index (χ4v) is 4.33. The lowest BCUT2D eigenvalue weighted by atomic mass is 9.95. The van der Waals surface area contributed by atoms with E-state index >= 15 is 0 Å². The average Bonchev–Trinajstić information content (AvgIpc) is 3.13. The molecule has 1 aliphatic carbocycles. The molecular weight excluding hydrogens is 270 g/mol. The third-order valence-corrected chi connectivity index (χ3v) is 5.76. The maximum Gasteiger partial charge on any atom is 0.238 e. The molecule has 2 aliphatic rings. The monoisotopic (exact) mass is 293 g/mol. The Balaban J connectivity index is 1.82. The second kappa shape index (κ2) is 5.47. The van der Waals surface area contributed by atoms with E-state index < -0.39 is 0 Å². The summed E-state index contributed by atoms with van der Waals surface area (Å²) in [6, 6.07) is 4.17. The molecule has 1 amide bonds. The number of carbonyl (C=O) groups excluding carboxylic acids is 1. The van der Waals surface area contributed by atoms with Crippen LogP contribution in [0.1, 0.15) is 36.7 Å². The zero-order valence-corrected chi connectivity index (χ0v) is 13.1. The van der Waals surface area contributed by atoms with Gasteiger partial charge in [-0.05, 0) is 38.4 Å². The van der Waals surface area contributed by atoms with Crippen molar-refractivity contribution in [3.05, 3.63) is 22.4 Å². The molecule has 1 aromatic heterocycles. The van der Waals surface area contributed by atoms with Gasteiger partial charge in [0.25, 0.3) is 0 Å². The van der Waals surface area contributed by atoms with Gasteiger partial charge in [-0.25, -0.2) is 0 Å². The molecule has 3 rings (SSSR count). The molecule has 1 saturated carbocycles. The first-order valence-electron chi connectivity index (χ1n) is 7.36. The van der Waals surface area contributed by atoms with Crippen molar-refractivity contribution in [3.8, 4) is 0 Å². The topological polar surface area (TPSA) is 35.6 Å². The fraction of sp³-hybridized carbons (Fsp3) is 0.667. The molecule has 20 heavy (non-hydrogen) atoms. The molecule has 1 aromatic rings. The minimum Gasteiger partial charge on any atom is -0.319 e. The minimum absolute atomic E-state index is 0.0694. The van der Waals surface area contributed by atoms with Gasteiger partial charge in [0, 0.05) is 17.0 Å². The first-order valence-corrected chi connectivity index (χ1v) is 8.24. The molecule has 2 fully saturated rings. The first kappa shape index (κ1) is 14.0. The van der Waals surface area contributed by atoms with Crippen LogP contribution in [-0.4, -0.2) is 48.4 Å². The Hall–Kier alpha value is -0.910. The van der Waals surface area contributed by atoms with Crippen LogP contribution in [0.25, 0.3) is 0 Å². The summed E-state index contributed by atoms with van der Waals surface area (Å²) < 4.78 is 0. The Morgan fingerprint density at radius 3 is 2.80 bits per heavy atom. The van der Waals surface area contributed by atoms with Gasteiger partial charge in [-0.15, -0.1) is 11.3 Å². The molecule has 0 aromatic carbocycles. The van der Waals surface area contributed by atoms with E-state index in [0.717, 1.165) is 6.54 Å². The van der Waals surface area contributed by atoms with Crippen molar-refractivity contribution in [1.82, 2.24) is 15.1 Å². The van der Waals surface area contributed by atoms with Gasteiger partial charge in [0.05, 0.1) is 6.54 Å². The number of amides is 1. The number of carbonyl (C=O) groups is 1. The van der Waals surface area contributed by atoms with Crippen LogP contribution >= 0.6 is 11.3 Å². The maximum atomic E-state index is 12.3. The normalized spacial score (nSPS) is 25.9. The van der Waals surface area contributed by atoms with Gasteiger partial charge in [0.1, 0.15) is 6.17 Å². The van der Waals surface area contributed by atoms with Crippen molar-refractivity contribution in [1.29, 1.82) is 0 Å². The van der Waals surface area contributed by atoms with Gasteiger partial charge in [0.2, 0.25) is 5.91 Å². The molecule has 1 unspecified atom stereocenters. The highest BCUT2D eigenvalue weighted by molar-refractivity contribution is 7.10. The van der Waals surface area contributed by atoms with Crippen LogP contribution in [0, 0.1) is 0 Å². The van der Waals surface area contributed by atoms with Gasteiger partial charge >= 0.3 is 0 Å². The Bertz CT molecular complexity index is 465. The standard InChI is InChI=1S/C15H23N3OS/c1-17(2)15(7-3-4-8-15)11-18-13(19)10-16-14(18)12-6-5-9-20-12/h5-6,9,14,16H,3-4,7-8,10-11H2,1-2H3. The molecule has 1 atom stereocenters. The summed E-state index contributed by atoms with van der Waals surface area (Å²) in [6.07, 6.45) is 5.01. The molecule has 1 saturated heterocycles. The maximum absolute atomic E-state index is 12.3. The molecule has 5 heteroatoms. The van der Waals surface area contributed by atoms with Gasteiger partial charge in [0.15, 0.2) is 0 Å². The van der Waals surface area contributed by atoms with E-state index in [4.69, 9.17) is 0 Å². The molecule has 4 nitrogen and oxygen atoms in total. The molecular formula is C15H23N3OS. The first-order chi connectivity index (χ1) is 9.62. The highest BCUT2D eigenvalue weighted by Crippen LogP contribution is 2.37. The second-order valence-corrected chi connectivity index (χ2v) is 7.13. The lowest BCUT2D eigenvalue weighted by Gasteiger charge is -2.40. The van der Waals surface area contributed by atoms with Crippen molar-refractivity contribution in [2.45, 2.75) is 37.4 Å². The molecule has 110 valence electrons. The van der Waals surface area contributed by atoms with E-state index in [1.807, 2.05) is 0 Å². The largest absolute Gasteiger partial charge is 0.319 e. The molecule has 1 N–H and O–H groups in total. The smallest absolute Gasteiger partial charge is 0.238 e. The van der Waals surface area contributed by atoms with Crippen molar-refractivity contribution >= 4 is 17.2 Å². The summed E-state index contributed by atoms with van der Waals surface area (Å²) in [5.41, 5.74) is 0.164. The predicted molar refractivity (Wildman–Crippen MR) is 81.7 cm³/mol. The van der Waals surface area contributed by atoms with Crippen LogP contribution in [-0.2, 0) is 4.79 Å². The summed E-state index contributed by atoms with van der Waals surface area (Å²) in [4.78, 5) is 17.9. The summed E-state index contributed by atoms with van der Waals surface area (Å²) in [5, 5.41) is 5.44. The number of thiophene rings is 1. The third kappa shape index (κ3) is 2.38. The molecule has 1 aliphatic heterocycles. The summed E-state index contributed by atoms with van der Waals surface area (Å²) in [5.74, 6) is 0.233. The molecule has 0 radical (unpaired) electrons. The zero-order valence-electron chi connectivity index (χ0n) is 12.3. The average molecular weight is 293 g/mol. The Labute approximate surface area is 124 Å². The lowest BCUT2D eigenvalue weighted by Crippen LogP contribution is -2.52. The minimum atomic E-state index is 0.0694. The van der Waals surface area contributed by atoms with E-state index in [0.29, 0.717) is 6.54 Å². The van der Waals surface area contributed by atoms with Crippen molar-refractivity contribution in [2.24, 2.45) is 0 Å². The number of hydrogen-bond acceptors (Lipinski definition) is 4. The van der Waals surface area contributed by atoms with E-state index in [-0.39, 0.29) is 17.6 Å². The van der Waals surface area contributed by atoms with E-state index in [1.165, 1.54) is 30.6 Å². The summed E-state index contributed by atoms with van der Waals surface area (Å²) in [6.45, 7) is 1.31. The SMILES string of the molecule is CN(C)C1(CN2C(=O)CNC2c2cccs2)CCCC1. The van der Waals surface area contributed by atoms with Crippen LogP contribution in [0.15, 0.2) is 17.5 Å². The lowest BCUT2D eigenvalue weighted by molar-refractivity contribution is -0.129. The predicted octanol–water partition coefficient (Wildman–Crippen LogP) is 2.05. The number of nitrogens with zero attached hydrogens (tertiary/aromatic N) is 2. The third-order valence-electron chi connectivity index (χ3n) is 4.84. The Kier molecular flexibility index (Phi) is 3.84. The number of hydrogen-bond donors (Lipinski definition) is 1. The van der Waals surface area contributed by atoms with Crippen LogP contribution in [0.4, 0.5) is 0 Å². The van der Waals surface area contributed by atoms with Gasteiger partial charge in [-0.1, -0.05) is 18.9 Å². The van der Waals surface area contributed by atoms with Crippen molar-refractivity contribution < 1.29 is 4.79 Å². The Morgan fingerprint density at radius 1 is 1.45 bits per heavy atom. The fourth-order valence-electron chi connectivity index (χ4n) is 3.52. The van der Waals surface area contributed by atoms with Gasteiger partial charge < -0.3 is 9.80 Å². The number of rotatable bonds is 4. The van der Waals surface area contributed by atoms with Crippen LogP contribution < -0.4 is 5.32 Å². The highest BCUT2D eigenvalue weighted by Gasteiger charge is 2.42. The van der Waals surface area contributed by atoms with Gasteiger partial charge in [-0.3, -0.25) is 10.1 Å². The highest BCUT2D eigenvalue weighted by atomic mass is 32.1. The molecule has 0 bridgehead atoms.